The SMILES string of the molecule is c1ccc2c(c1)OCC(CN1CC3CCCNC3C1)O2. The predicted octanol–water partition coefficient (Wildman–Crippen LogP) is 1.51. The summed E-state index contributed by atoms with van der Waals surface area (Å²) in [6.07, 6.45) is 2.86. The van der Waals surface area contributed by atoms with E-state index in [2.05, 4.69) is 10.2 Å². The normalized spacial score (nSPS) is 32.9. The Labute approximate surface area is 120 Å². The number of rotatable bonds is 2. The van der Waals surface area contributed by atoms with Crippen LogP contribution in [0.4, 0.5) is 0 Å². The zero-order valence-electron chi connectivity index (χ0n) is 11.8. The van der Waals surface area contributed by atoms with Gasteiger partial charge in [-0.2, -0.15) is 0 Å². The molecule has 108 valence electrons. The largest absolute Gasteiger partial charge is 0.486 e. The van der Waals surface area contributed by atoms with Gasteiger partial charge in [0.2, 0.25) is 0 Å². The molecule has 0 aliphatic carbocycles. The van der Waals surface area contributed by atoms with Gasteiger partial charge in [-0.25, -0.2) is 0 Å². The molecule has 1 aromatic rings. The topological polar surface area (TPSA) is 33.7 Å². The lowest BCUT2D eigenvalue weighted by molar-refractivity contribution is 0.0638. The van der Waals surface area contributed by atoms with Crippen molar-refractivity contribution < 1.29 is 9.47 Å². The highest BCUT2D eigenvalue weighted by molar-refractivity contribution is 5.40. The Balaban J connectivity index is 1.37. The molecule has 2 fully saturated rings. The van der Waals surface area contributed by atoms with Crippen LogP contribution in [-0.2, 0) is 0 Å². The first-order valence-corrected chi connectivity index (χ1v) is 7.73. The van der Waals surface area contributed by atoms with Crippen LogP contribution in [0, 0.1) is 5.92 Å². The number of nitrogens with one attached hydrogen (secondary N) is 1. The summed E-state index contributed by atoms with van der Waals surface area (Å²) in [5.74, 6) is 2.60. The summed E-state index contributed by atoms with van der Waals surface area (Å²) in [6, 6.07) is 8.64. The second kappa shape index (κ2) is 5.26. The van der Waals surface area contributed by atoms with Gasteiger partial charge in [-0.1, -0.05) is 12.1 Å². The molecule has 3 heterocycles. The second-order valence-electron chi connectivity index (χ2n) is 6.18. The van der Waals surface area contributed by atoms with Gasteiger partial charge in [0, 0.05) is 25.7 Å². The summed E-state index contributed by atoms with van der Waals surface area (Å²) in [4.78, 5) is 2.54. The van der Waals surface area contributed by atoms with Gasteiger partial charge in [0.05, 0.1) is 0 Å². The quantitative estimate of drug-likeness (QED) is 0.886. The van der Waals surface area contributed by atoms with E-state index in [1.807, 2.05) is 24.3 Å². The van der Waals surface area contributed by atoms with Gasteiger partial charge in [0.25, 0.3) is 0 Å². The average molecular weight is 274 g/mol. The molecule has 4 nitrogen and oxygen atoms in total. The molecule has 0 aromatic heterocycles. The van der Waals surface area contributed by atoms with E-state index >= 15 is 0 Å². The molecule has 0 saturated carbocycles. The van der Waals surface area contributed by atoms with Crippen molar-refractivity contribution in [3.05, 3.63) is 24.3 Å². The summed E-state index contributed by atoms with van der Waals surface area (Å²) < 4.78 is 11.9. The maximum absolute atomic E-state index is 6.06. The molecule has 20 heavy (non-hydrogen) atoms. The molecule has 3 aliphatic heterocycles. The minimum absolute atomic E-state index is 0.157. The number of hydrogen-bond acceptors (Lipinski definition) is 4. The third-order valence-electron chi connectivity index (χ3n) is 4.70. The Morgan fingerprint density at radius 1 is 1.20 bits per heavy atom. The minimum Gasteiger partial charge on any atom is -0.486 e. The highest BCUT2D eigenvalue weighted by atomic mass is 16.6. The van der Waals surface area contributed by atoms with Crippen molar-refractivity contribution in [2.45, 2.75) is 25.0 Å². The van der Waals surface area contributed by atoms with Crippen LogP contribution in [0.15, 0.2) is 24.3 Å². The molecular weight excluding hydrogens is 252 g/mol. The van der Waals surface area contributed by atoms with Crippen molar-refractivity contribution in [3.63, 3.8) is 0 Å². The first kappa shape index (κ1) is 12.5. The molecule has 4 rings (SSSR count). The van der Waals surface area contributed by atoms with Gasteiger partial charge in [-0.3, -0.25) is 4.90 Å². The van der Waals surface area contributed by atoms with E-state index in [4.69, 9.17) is 9.47 Å². The first-order chi connectivity index (χ1) is 9.88. The third kappa shape index (κ3) is 2.38. The Kier molecular flexibility index (Phi) is 3.28. The molecule has 3 atom stereocenters. The molecule has 1 N–H and O–H groups in total. The zero-order valence-corrected chi connectivity index (χ0v) is 11.8. The molecule has 4 heteroatoms. The van der Waals surface area contributed by atoms with Crippen LogP contribution in [0.3, 0.4) is 0 Å². The Bertz CT molecular complexity index is 465. The summed E-state index contributed by atoms with van der Waals surface area (Å²) >= 11 is 0. The van der Waals surface area contributed by atoms with E-state index in [1.165, 1.54) is 25.9 Å². The molecule has 2 saturated heterocycles. The van der Waals surface area contributed by atoms with Crippen molar-refractivity contribution in [1.29, 1.82) is 0 Å². The monoisotopic (exact) mass is 274 g/mol. The maximum Gasteiger partial charge on any atom is 0.161 e. The van der Waals surface area contributed by atoms with Crippen LogP contribution >= 0.6 is 0 Å². The van der Waals surface area contributed by atoms with Crippen LogP contribution in [0.2, 0.25) is 0 Å². The smallest absolute Gasteiger partial charge is 0.161 e. The molecule has 3 unspecified atom stereocenters. The lowest BCUT2D eigenvalue weighted by atomic mass is 9.94. The molecule has 1 aromatic carbocycles. The summed E-state index contributed by atoms with van der Waals surface area (Å²) in [6.45, 7) is 5.19. The third-order valence-corrected chi connectivity index (χ3v) is 4.70. The molecule has 0 bridgehead atoms. The van der Waals surface area contributed by atoms with E-state index in [0.29, 0.717) is 12.6 Å². The highest BCUT2D eigenvalue weighted by Gasteiger charge is 2.35. The Morgan fingerprint density at radius 3 is 3.00 bits per heavy atom. The van der Waals surface area contributed by atoms with Gasteiger partial charge in [-0.15, -0.1) is 0 Å². The molecule has 0 amide bonds. The van der Waals surface area contributed by atoms with Gasteiger partial charge in [0.1, 0.15) is 12.7 Å². The van der Waals surface area contributed by atoms with E-state index in [-0.39, 0.29) is 6.10 Å². The van der Waals surface area contributed by atoms with E-state index in [1.54, 1.807) is 0 Å². The zero-order chi connectivity index (χ0) is 13.4. The molecule has 0 spiro atoms. The highest BCUT2D eigenvalue weighted by Crippen LogP contribution is 2.32. The Morgan fingerprint density at radius 2 is 2.10 bits per heavy atom. The van der Waals surface area contributed by atoms with Crippen LogP contribution in [0.1, 0.15) is 12.8 Å². The number of nitrogens with zero attached hydrogens (tertiary/aromatic N) is 1. The van der Waals surface area contributed by atoms with E-state index < -0.39 is 0 Å². The van der Waals surface area contributed by atoms with Crippen LogP contribution in [0.5, 0.6) is 11.5 Å². The van der Waals surface area contributed by atoms with Gasteiger partial charge >= 0.3 is 0 Å². The minimum atomic E-state index is 0.157. The van der Waals surface area contributed by atoms with Crippen molar-refractivity contribution >= 4 is 0 Å². The van der Waals surface area contributed by atoms with Crippen molar-refractivity contribution in [2.24, 2.45) is 5.92 Å². The van der Waals surface area contributed by atoms with Gasteiger partial charge in [-0.05, 0) is 37.4 Å². The van der Waals surface area contributed by atoms with Gasteiger partial charge < -0.3 is 14.8 Å². The van der Waals surface area contributed by atoms with Crippen LogP contribution < -0.4 is 14.8 Å². The van der Waals surface area contributed by atoms with Crippen molar-refractivity contribution in [2.75, 3.05) is 32.8 Å². The Hall–Kier alpha value is -1.26. The van der Waals surface area contributed by atoms with Gasteiger partial charge in [0.15, 0.2) is 11.5 Å². The fourth-order valence-corrected chi connectivity index (χ4v) is 3.73. The fraction of sp³-hybridized carbons (Fsp3) is 0.625. The number of fused-ring (bicyclic) bond motifs is 2. The standard InChI is InChI=1S/C16H22N2O2/c1-2-6-16-15(5-1)19-11-13(20-16)9-18-8-12-4-3-7-17-14(12)10-18/h1-2,5-6,12-14,17H,3-4,7-11H2. The average Bonchev–Trinajstić information content (AvgIpc) is 2.89. The van der Waals surface area contributed by atoms with E-state index in [9.17, 15) is 0 Å². The second-order valence-corrected chi connectivity index (χ2v) is 6.18. The van der Waals surface area contributed by atoms with Crippen molar-refractivity contribution in [3.8, 4) is 11.5 Å². The number of hydrogen-bond donors (Lipinski definition) is 1. The number of benzene rings is 1. The van der Waals surface area contributed by atoms with Crippen LogP contribution in [0.25, 0.3) is 0 Å². The number of ether oxygens (including phenoxy) is 2. The predicted molar refractivity (Wildman–Crippen MR) is 77.3 cm³/mol. The number of piperidine rings is 1. The molecular formula is C16H22N2O2. The summed E-state index contributed by atoms with van der Waals surface area (Å²) in [7, 11) is 0. The van der Waals surface area contributed by atoms with Crippen molar-refractivity contribution in [1.82, 2.24) is 10.2 Å². The lowest BCUT2D eigenvalue weighted by Gasteiger charge is -2.29. The summed E-state index contributed by atoms with van der Waals surface area (Å²) in [5, 5.41) is 3.65. The van der Waals surface area contributed by atoms with E-state index in [0.717, 1.165) is 30.5 Å². The molecule has 3 aliphatic rings. The number of para-hydroxylation sites is 2. The fourth-order valence-electron chi connectivity index (χ4n) is 3.73. The number of likely N-dealkylation sites (tertiary alicyclic amines) is 1. The maximum atomic E-state index is 6.06. The lowest BCUT2D eigenvalue weighted by Crippen LogP contribution is -2.42. The molecule has 0 radical (unpaired) electrons. The van der Waals surface area contributed by atoms with Crippen LogP contribution in [-0.4, -0.2) is 49.8 Å². The first-order valence-electron chi connectivity index (χ1n) is 7.73. The summed E-state index contributed by atoms with van der Waals surface area (Å²) in [5.41, 5.74) is 0.